The number of aromatic nitrogens is 1. The number of amides is 1. The number of carbonyl (C=O) groups is 1. The number of carbonyl (C=O) groups excluding carboxylic acids is 1. The van der Waals surface area contributed by atoms with Crippen LogP contribution in [-0.2, 0) is 11.2 Å². The number of piperazine rings is 1. The van der Waals surface area contributed by atoms with Gasteiger partial charge in [0.25, 0.3) is 0 Å². The fourth-order valence-corrected chi connectivity index (χ4v) is 3.76. The Morgan fingerprint density at radius 3 is 2.72 bits per heavy atom. The second kappa shape index (κ2) is 9.08. The van der Waals surface area contributed by atoms with E-state index >= 15 is 0 Å². The Bertz CT molecular complexity index is 665. The molecule has 0 spiro atoms. The number of hydrogen-bond acceptors (Lipinski definition) is 5. The number of benzene rings is 1. The van der Waals surface area contributed by atoms with Crippen LogP contribution in [0.2, 0.25) is 0 Å². The lowest BCUT2D eigenvalue weighted by atomic mass is 10.2. The minimum Gasteiger partial charge on any atom is -0.356 e. The molecule has 0 unspecified atom stereocenters. The molecule has 1 aromatic carbocycles. The van der Waals surface area contributed by atoms with Crippen LogP contribution in [0, 0.1) is 0 Å². The maximum Gasteiger partial charge on any atom is 0.226 e. The summed E-state index contributed by atoms with van der Waals surface area (Å²) in [5.74, 6) is 0.0586. The third-order valence-corrected chi connectivity index (χ3v) is 5.42. The Kier molecular flexibility index (Phi) is 6.55. The summed E-state index contributed by atoms with van der Waals surface area (Å²) < 4.78 is 0. The van der Waals surface area contributed by atoms with Crippen LogP contribution in [0.4, 0.5) is 0 Å². The average Bonchev–Trinajstić information content (AvgIpc) is 3.09. The lowest BCUT2D eigenvalue weighted by Crippen LogP contribution is -2.45. The van der Waals surface area contributed by atoms with Crippen LogP contribution in [0.15, 0.2) is 35.7 Å². The molecule has 0 bridgehead atoms. The van der Waals surface area contributed by atoms with E-state index in [0.29, 0.717) is 6.42 Å². The van der Waals surface area contributed by atoms with Gasteiger partial charge in [-0.15, -0.1) is 11.3 Å². The van der Waals surface area contributed by atoms with Gasteiger partial charge in [0, 0.05) is 43.7 Å². The fraction of sp³-hybridized carbons (Fsp3) is 0.474. The van der Waals surface area contributed by atoms with E-state index < -0.39 is 0 Å². The molecule has 1 saturated heterocycles. The monoisotopic (exact) mass is 358 g/mol. The maximum absolute atomic E-state index is 12.1. The molecular formula is C19H26N4OS. The van der Waals surface area contributed by atoms with Crippen molar-refractivity contribution < 1.29 is 4.79 Å². The molecule has 1 fully saturated rings. The molecule has 3 rings (SSSR count). The lowest BCUT2D eigenvalue weighted by Gasteiger charge is -2.32. The molecule has 1 aromatic heterocycles. The van der Waals surface area contributed by atoms with E-state index in [9.17, 15) is 4.79 Å². The molecule has 134 valence electrons. The molecule has 1 amide bonds. The quantitative estimate of drug-likeness (QED) is 0.770. The molecule has 0 atom stereocenters. The molecule has 2 heterocycles. The normalized spacial score (nSPS) is 16.0. The van der Waals surface area contributed by atoms with Crippen LogP contribution in [-0.4, -0.2) is 67.0 Å². The van der Waals surface area contributed by atoms with E-state index in [1.807, 2.05) is 35.7 Å². The minimum atomic E-state index is 0.0586. The van der Waals surface area contributed by atoms with E-state index in [0.717, 1.165) is 62.0 Å². The summed E-state index contributed by atoms with van der Waals surface area (Å²) in [5, 5.41) is 5.97. The van der Waals surface area contributed by atoms with Gasteiger partial charge in [-0.1, -0.05) is 30.3 Å². The van der Waals surface area contributed by atoms with Crippen molar-refractivity contribution in [1.82, 2.24) is 20.1 Å². The highest BCUT2D eigenvalue weighted by Gasteiger charge is 2.13. The molecule has 1 aliphatic heterocycles. The van der Waals surface area contributed by atoms with Crippen molar-refractivity contribution in [3.8, 4) is 10.6 Å². The third-order valence-electron chi connectivity index (χ3n) is 4.48. The van der Waals surface area contributed by atoms with Gasteiger partial charge >= 0.3 is 0 Å². The summed E-state index contributed by atoms with van der Waals surface area (Å²) in [6, 6.07) is 10.1. The Morgan fingerprint density at radius 2 is 1.96 bits per heavy atom. The van der Waals surface area contributed by atoms with Crippen LogP contribution in [0.25, 0.3) is 10.6 Å². The second-order valence-corrected chi connectivity index (χ2v) is 7.39. The van der Waals surface area contributed by atoms with E-state index in [2.05, 4.69) is 27.1 Å². The van der Waals surface area contributed by atoms with Crippen molar-refractivity contribution in [3.05, 3.63) is 41.4 Å². The zero-order chi connectivity index (χ0) is 17.5. The smallest absolute Gasteiger partial charge is 0.226 e. The molecular weight excluding hydrogens is 332 g/mol. The molecule has 25 heavy (non-hydrogen) atoms. The van der Waals surface area contributed by atoms with Crippen molar-refractivity contribution in [2.45, 2.75) is 12.8 Å². The number of likely N-dealkylation sites (N-methyl/N-ethyl adjacent to an activating group) is 1. The molecule has 0 aliphatic carbocycles. The van der Waals surface area contributed by atoms with E-state index in [4.69, 9.17) is 0 Å². The van der Waals surface area contributed by atoms with E-state index in [1.54, 1.807) is 11.3 Å². The molecule has 1 aliphatic rings. The zero-order valence-electron chi connectivity index (χ0n) is 14.8. The number of thiazole rings is 1. The third kappa shape index (κ3) is 5.63. The predicted octanol–water partition coefficient (Wildman–Crippen LogP) is 2.11. The van der Waals surface area contributed by atoms with Crippen LogP contribution >= 0.6 is 11.3 Å². The standard InChI is InChI=1S/C19H26N4OS/c1-22-10-12-23(13-11-22)9-5-8-20-18(24)14-17-15-25-19(21-17)16-6-3-2-4-7-16/h2-4,6-7,15H,5,8-14H2,1H3,(H,20,24). The molecule has 2 aromatic rings. The SMILES string of the molecule is CN1CCN(CCCNC(=O)Cc2csc(-c3ccccc3)n2)CC1. The highest BCUT2D eigenvalue weighted by molar-refractivity contribution is 7.13. The lowest BCUT2D eigenvalue weighted by molar-refractivity contribution is -0.120. The summed E-state index contributed by atoms with van der Waals surface area (Å²) in [6.07, 6.45) is 1.36. The molecule has 0 radical (unpaired) electrons. The average molecular weight is 359 g/mol. The number of nitrogens with one attached hydrogen (secondary N) is 1. The van der Waals surface area contributed by atoms with E-state index in [-0.39, 0.29) is 5.91 Å². The van der Waals surface area contributed by atoms with Crippen molar-refractivity contribution in [2.75, 3.05) is 46.3 Å². The van der Waals surface area contributed by atoms with Crippen molar-refractivity contribution in [3.63, 3.8) is 0 Å². The first-order valence-electron chi connectivity index (χ1n) is 8.88. The number of nitrogens with zero attached hydrogens (tertiary/aromatic N) is 3. The minimum absolute atomic E-state index is 0.0586. The fourth-order valence-electron chi connectivity index (χ4n) is 2.93. The van der Waals surface area contributed by atoms with Gasteiger partial charge in [0.1, 0.15) is 5.01 Å². The molecule has 0 saturated carbocycles. The highest BCUT2D eigenvalue weighted by atomic mass is 32.1. The van der Waals surface area contributed by atoms with Gasteiger partial charge < -0.3 is 15.1 Å². The first-order chi connectivity index (χ1) is 12.2. The zero-order valence-corrected chi connectivity index (χ0v) is 15.6. The first-order valence-corrected chi connectivity index (χ1v) is 9.76. The van der Waals surface area contributed by atoms with Crippen LogP contribution in [0.3, 0.4) is 0 Å². The summed E-state index contributed by atoms with van der Waals surface area (Å²) in [4.78, 5) is 21.5. The van der Waals surface area contributed by atoms with Gasteiger partial charge in [-0.25, -0.2) is 4.98 Å². The van der Waals surface area contributed by atoms with Crippen molar-refractivity contribution >= 4 is 17.2 Å². The highest BCUT2D eigenvalue weighted by Crippen LogP contribution is 2.23. The largest absolute Gasteiger partial charge is 0.356 e. The Balaban J connectivity index is 1.36. The van der Waals surface area contributed by atoms with Gasteiger partial charge in [-0.05, 0) is 20.0 Å². The van der Waals surface area contributed by atoms with Gasteiger partial charge in [0.15, 0.2) is 0 Å². The number of hydrogen-bond donors (Lipinski definition) is 1. The van der Waals surface area contributed by atoms with Gasteiger partial charge in [0.2, 0.25) is 5.91 Å². The predicted molar refractivity (Wildman–Crippen MR) is 103 cm³/mol. The Morgan fingerprint density at radius 1 is 1.20 bits per heavy atom. The summed E-state index contributed by atoms with van der Waals surface area (Å²) in [7, 11) is 2.17. The molecule has 1 N–H and O–H groups in total. The number of rotatable bonds is 7. The first kappa shape index (κ1) is 18.0. The van der Waals surface area contributed by atoms with E-state index in [1.165, 1.54) is 0 Å². The van der Waals surface area contributed by atoms with Crippen molar-refractivity contribution in [1.29, 1.82) is 0 Å². The Labute approximate surface area is 153 Å². The molecule has 5 nitrogen and oxygen atoms in total. The van der Waals surface area contributed by atoms with Crippen LogP contribution in [0.5, 0.6) is 0 Å². The van der Waals surface area contributed by atoms with Gasteiger partial charge in [-0.2, -0.15) is 0 Å². The topological polar surface area (TPSA) is 48.5 Å². The van der Waals surface area contributed by atoms with Gasteiger partial charge in [-0.3, -0.25) is 4.79 Å². The summed E-state index contributed by atoms with van der Waals surface area (Å²) in [6.45, 7) is 6.33. The van der Waals surface area contributed by atoms with Crippen molar-refractivity contribution in [2.24, 2.45) is 0 Å². The van der Waals surface area contributed by atoms with Gasteiger partial charge in [0.05, 0.1) is 12.1 Å². The van der Waals surface area contributed by atoms with Crippen LogP contribution in [0.1, 0.15) is 12.1 Å². The molecule has 6 heteroatoms. The summed E-state index contributed by atoms with van der Waals surface area (Å²) in [5.41, 5.74) is 1.95. The Hall–Kier alpha value is -1.76. The second-order valence-electron chi connectivity index (χ2n) is 6.54. The maximum atomic E-state index is 12.1. The summed E-state index contributed by atoms with van der Waals surface area (Å²) >= 11 is 1.59. The van der Waals surface area contributed by atoms with Crippen LogP contribution < -0.4 is 5.32 Å².